The zero-order valence-electron chi connectivity index (χ0n) is 17.0. The van der Waals surface area contributed by atoms with Crippen LogP contribution in [-0.2, 0) is 10.0 Å². The van der Waals surface area contributed by atoms with Gasteiger partial charge in [0.05, 0.1) is 12.8 Å². The number of ether oxygens (including phenoxy) is 1. The van der Waals surface area contributed by atoms with Gasteiger partial charge in [-0.1, -0.05) is 74.5 Å². The molecule has 0 saturated heterocycles. The minimum Gasteiger partial charge on any atom is -0.492 e. The maximum absolute atomic E-state index is 13.2. The van der Waals surface area contributed by atoms with Crippen LogP contribution in [-0.4, -0.2) is 38.6 Å². The quantitative estimate of drug-likeness (QED) is 0.367. The summed E-state index contributed by atoms with van der Waals surface area (Å²) >= 11 is 4.64. The second-order valence-electron chi connectivity index (χ2n) is 6.33. The summed E-state index contributed by atoms with van der Waals surface area (Å²) in [6.45, 7) is 4.40. The highest BCUT2D eigenvalue weighted by atomic mass is 79.9. The van der Waals surface area contributed by atoms with Crippen LogP contribution in [0.5, 0.6) is 5.75 Å². The zero-order chi connectivity index (χ0) is 21.7. The number of rotatable bonds is 8. The van der Waals surface area contributed by atoms with Gasteiger partial charge >= 0.3 is 0 Å². The van der Waals surface area contributed by atoms with Crippen LogP contribution < -0.4 is 4.74 Å². The van der Waals surface area contributed by atoms with Crippen LogP contribution in [0.1, 0.15) is 25.0 Å². The molecule has 0 aliphatic rings. The van der Waals surface area contributed by atoms with Crippen molar-refractivity contribution in [2.75, 3.05) is 20.2 Å². The largest absolute Gasteiger partial charge is 0.492 e. The molecule has 0 unspecified atom stereocenters. The lowest BCUT2D eigenvalue weighted by Gasteiger charge is -2.18. The lowest BCUT2D eigenvalue weighted by atomic mass is 10.0. The number of methoxy groups -OCH3 is 1. The monoisotopic (exact) mass is 506 g/mol. The Morgan fingerprint density at radius 1 is 1.00 bits per heavy atom. The molecule has 1 heterocycles. The van der Waals surface area contributed by atoms with Gasteiger partial charge < -0.3 is 4.74 Å². The average molecular weight is 507 g/mol. The Morgan fingerprint density at radius 3 is 1.93 bits per heavy atom. The second-order valence-corrected chi connectivity index (χ2v) is 10.8. The first-order valence-corrected chi connectivity index (χ1v) is 12.5. The molecule has 8 heteroatoms. The van der Waals surface area contributed by atoms with E-state index in [4.69, 9.17) is 9.73 Å². The van der Waals surface area contributed by atoms with Crippen LogP contribution in [0.3, 0.4) is 0 Å². The Balaban J connectivity index is 2.23. The average Bonchev–Trinajstić information content (AvgIpc) is 3.10. The molecule has 30 heavy (non-hydrogen) atoms. The fraction of sp³-hybridized carbons (Fsp3) is 0.227. The molecular formula is C22H23BrN2O3S2. The third-order valence-corrected chi connectivity index (χ3v) is 8.91. The molecule has 0 aliphatic carbocycles. The Kier molecular flexibility index (Phi) is 7.46. The normalized spacial score (nSPS) is 11.5. The summed E-state index contributed by atoms with van der Waals surface area (Å²) in [5, 5.41) is 0. The first-order valence-electron chi connectivity index (χ1n) is 9.49. The van der Waals surface area contributed by atoms with Gasteiger partial charge in [-0.25, -0.2) is 13.4 Å². The summed E-state index contributed by atoms with van der Waals surface area (Å²) in [4.78, 5) is 4.89. The third-order valence-electron chi connectivity index (χ3n) is 4.57. The highest BCUT2D eigenvalue weighted by Crippen LogP contribution is 2.49. The molecule has 1 aromatic heterocycles. The molecule has 0 fully saturated rings. The van der Waals surface area contributed by atoms with Crippen LogP contribution in [0.15, 0.2) is 73.7 Å². The third kappa shape index (κ3) is 4.51. The van der Waals surface area contributed by atoms with E-state index in [0.29, 0.717) is 22.6 Å². The number of thiophene rings is 1. The highest BCUT2D eigenvalue weighted by molar-refractivity contribution is 9.11. The van der Waals surface area contributed by atoms with E-state index < -0.39 is 10.0 Å². The molecule has 0 aliphatic heterocycles. The molecule has 0 bridgehead atoms. The topological polar surface area (TPSA) is 59.0 Å². The molecule has 0 radical (unpaired) electrons. The van der Waals surface area contributed by atoms with Gasteiger partial charge in [-0.05, 0) is 15.9 Å². The zero-order valence-corrected chi connectivity index (χ0v) is 20.2. The minimum atomic E-state index is -3.68. The van der Waals surface area contributed by atoms with Crippen molar-refractivity contribution in [1.29, 1.82) is 0 Å². The Labute approximate surface area is 190 Å². The molecule has 3 rings (SSSR count). The molecular weight excluding hydrogens is 484 g/mol. The molecule has 0 N–H and O–H groups in total. The number of sulfonamides is 1. The van der Waals surface area contributed by atoms with Gasteiger partial charge in [0.2, 0.25) is 0 Å². The summed E-state index contributed by atoms with van der Waals surface area (Å²) in [7, 11) is -2.21. The smallest absolute Gasteiger partial charge is 0.256 e. The number of hydrogen-bond donors (Lipinski definition) is 0. The van der Waals surface area contributed by atoms with Gasteiger partial charge in [-0.15, -0.1) is 11.3 Å². The van der Waals surface area contributed by atoms with E-state index in [-0.39, 0.29) is 9.96 Å². The summed E-state index contributed by atoms with van der Waals surface area (Å²) in [6.07, 6.45) is 0. The molecule has 0 amide bonds. The van der Waals surface area contributed by atoms with Crippen molar-refractivity contribution in [3.8, 4) is 5.75 Å². The molecule has 5 nitrogen and oxygen atoms in total. The van der Waals surface area contributed by atoms with E-state index in [1.165, 1.54) is 11.4 Å². The van der Waals surface area contributed by atoms with E-state index in [1.807, 2.05) is 74.5 Å². The van der Waals surface area contributed by atoms with Crippen molar-refractivity contribution in [3.05, 3.63) is 75.6 Å². The molecule has 0 spiro atoms. The minimum absolute atomic E-state index is 0.153. The van der Waals surface area contributed by atoms with E-state index in [2.05, 4.69) is 15.9 Å². The van der Waals surface area contributed by atoms with E-state index in [1.54, 1.807) is 0 Å². The first kappa shape index (κ1) is 22.7. The number of hydrogen-bond acceptors (Lipinski definition) is 5. The highest BCUT2D eigenvalue weighted by Gasteiger charge is 2.32. The fourth-order valence-electron chi connectivity index (χ4n) is 3.09. The second kappa shape index (κ2) is 9.87. The van der Waals surface area contributed by atoms with Gasteiger partial charge in [-0.3, -0.25) is 0 Å². The van der Waals surface area contributed by atoms with Gasteiger partial charge in [0.1, 0.15) is 9.47 Å². The molecule has 0 atom stereocenters. The van der Waals surface area contributed by atoms with Crippen LogP contribution in [0.2, 0.25) is 0 Å². The Morgan fingerprint density at radius 2 is 1.50 bits per heavy atom. The van der Waals surface area contributed by atoms with Crippen LogP contribution in [0.4, 0.5) is 5.69 Å². The summed E-state index contributed by atoms with van der Waals surface area (Å²) in [6, 6.07) is 19.6. The first-order chi connectivity index (χ1) is 14.4. The van der Waals surface area contributed by atoms with Gasteiger partial charge in [0, 0.05) is 24.2 Å². The molecule has 158 valence electrons. The number of benzene rings is 2. The predicted molar refractivity (Wildman–Crippen MR) is 127 cm³/mol. The van der Waals surface area contributed by atoms with Gasteiger partial charge in [0.15, 0.2) is 9.96 Å². The van der Waals surface area contributed by atoms with E-state index in [0.717, 1.165) is 28.2 Å². The summed E-state index contributed by atoms with van der Waals surface area (Å²) in [5.74, 6) is 0.253. The van der Waals surface area contributed by atoms with Crippen molar-refractivity contribution in [2.45, 2.75) is 18.1 Å². The Hall–Kier alpha value is -2.00. The van der Waals surface area contributed by atoms with Crippen LogP contribution in [0, 0.1) is 0 Å². The van der Waals surface area contributed by atoms with Crippen molar-refractivity contribution >= 4 is 48.7 Å². The lowest BCUT2D eigenvalue weighted by molar-refractivity contribution is 0.401. The Bertz CT molecular complexity index is 1080. The SMILES string of the molecule is CCN(CC)S(=O)(=O)c1sc(Br)c(N=C(c2ccccc2)c2ccccc2)c1OC. The summed E-state index contributed by atoms with van der Waals surface area (Å²) in [5.41, 5.74) is 3.06. The maximum Gasteiger partial charge on any atom is 0.256 e. The van der Waals surface area contributed by atoms with Crippen LogP contribution >= 0.6 is 27.3 Å². The van der Waals surface area contributed by atoms with Crippen molar-refractivity contribution in [2.24, 2.45) is 4.99 Å². The van der Waals surface area contributed by atoms with Crippen molar-refractivity contribution in [3.63, 3.8) is 0 Å². The van der Waals surface area contributed by atoms with Crippen molar-refractivity contribution in [1.82, 2.24) is 4.31 Å². The standard InChI is InChI=1S/C22H23BrN2O3S2/c1-4-25(5-2)30(26,27)22-20(28-3)19(21(23)29-22)24-18(16-12-8-6-9-13-16)17-14-10-7-11-15-17/h6-15H,4-5H2,1-3H3. The molecule has 2 aromatic carbocycles. The maximum atomic E-state index is 13.2. The molecule has 3 aromatic rings. The van der Waals surface area contributed by atoms with E-state index in [9.17, 15) is 8.42 Å². The number of aliphatic imine (C=N–C) groups is 1. The van der Waals surface area contributed by atoms with Crippen LogP contribution in [0.25, 0.3) is 0 Å². The number of nitrogens with zero attached hydrogens (tertiary/aromatic N) is 2. The predicted octanol–water partition coefficient (Wildman–Crippen LogP) is 5.72. The number of halogens is 1. The molecule has 0 saturated carbocycles. The van der Waals surface area contributed by atoms with Crippen molar-refractivity contribution < 1.29 is 13.2 Å². The lowest BCUT2D eigenvalue weighted by Crippen LogP contribution is -2.30. The van der Waals surface area contributed by atoms with E-state index >= 15 is 0 Å². The van der Waals surface area contributed by atoms with Gasteiger partial charge in [0.25, 0.3) is 10.0 Å². The van der Waals surface area contributed by atoms with Gasteiger partial charge in [-0.2, -0.15) is 4.31 Å². The fourth-order valence-corrected chi connectivity index (χ4v) is 7.15. The summed E-state index contributed by atoms with van der Waals surface area (Å²) < 4.78 is 34.0.